The summed E-state index contributed by atoms with van der Waals surface area (Å²) in [6.45, 7) is 1.41. The second-order valence-corrected chi connectivity index (χ2v) is 7.53. The van der Waals surface area contributed by atoms with Crippen molar-refractivity contribution in [3.05, 3.63) is 58.3 Å². The summed E-state index contributed by atoms with van der Waals surface area (Å²) >= 11 is 13.7. The topological polar surface area (TPSA) is 33.3 Å². The molecule has 0 unspecified atom stereocenters. The molecule has 1 aliphatic rings. The maximum absolute atomic E-state index is 9.87. The lowest BCUT2D eigenvalue weighted by atomic mass is 9.92. The van der Waals surface area contributed by atoms with E-state index in [0.717, 1.165) is 33.1 Å². The predicted octanol–water partition coefficient (Wildman–Crippen LogP) is 4.32. The number of aromatic nitrogens is 1. The highest BCUT2D eigenvalue weighted by molar-refractivity contribution is 8.00. The number of rotatable bonds is 3. The minimum atomic E-state index is -0.138. The van der Waals surface area contributed by atoms with Crippen LogP contribution in [0, 0.1) is 0 Å². The summed E-state index contributed by atoms with van der Waals surface area (Å²) in [6, 6.07) is 11.5. The number of hydrogen-bond donors (Lipinski definition) is 1. The average Bonchev–Trinajstić information content (AvgIpc) is 2.53. The van der Waals surface area contributed by atoms with E-state index in [-0.39, 0.29) is 4.75 Å². The van der Waals surface area contributed by atoms with Crippen molar-refractivity contribution in [1.82, 2.24) is 0 Å². The van der Waals surface area contributed by atoms with Gasteiger partial charge in [0.25, 0.3) is 0 Å². The van der Waals surface area contributed by atoms with Crippen molar-refractivity contribution in [2.75, 3.05) is 13.2 Å². The lowest BCUT2D eigenvalue weighted by Gasteiger charge is -2.36. The first kappa shape index (κ1) is 15.9. The van der Waals surface area contributed by atoms with E-state index in [1.54, 1.807) is 24.0 Å². The lowest BCUT2D eigenvalue weighted by molar-refractivity contribution is -0.903. The lowest BCUT2D eigenvalue weighted by Crippen LogP contribution is -2.37. The molecule has 1 aromatic carbocycles. The van der Waals surface area contributed by atoms with Gasteiger partial charge in [0, 0.05) is 39.5 Å². The van der Waals surface area contributed by atoms with E-state index >= 15 is 0 Å². The summed E-state index contributed by atoms with van der Waals surface area (Å²) in [7, 11) is 0. The van der Waals surface area contributed by atoms with Crippen LogP contribution in [0.15, 0.2) is 47.5 Å². The Hall–Kier alpha value is -0.940. The maximum Gasteiger partial charge on any atom is 0.325 e. The molecule has 1 saturated heterocycles. The summed E-state index contributed by atoms with van der Waals surface area (Å²) in [5.41, 5.74) is 1.04. The molecule has 0 saturated carbocycles. The van der Waals surface area contributed by atoms with Crippen molar-refractivity contribution < 1.29 is 14.7 Å². The molecule has 3 rings (SSSR count). The van der Waals surface area contributed by atoms with Crippen LogP contribution in [0.4, 0.5) is 0 Å². The van der Waals surface area contributed by atoms with Crippen LogP contribution in [0.2, 0.25) is 10.2 Å². The maximum atomic E-state index is 9.87. The molecule has 1 aliphatic heterocycles. The highest BCUT2D eigenvalue weighted by Gasteiger charge is 2.38. The van der Waals surface area contributed by atoms with Gasteiger partial charge >= 0.3 is 5.15 Å². The fourth-order valence-corrected chi connectivity index (χ4v) is 4.19. The van der Waals surface area contributed by atoms with Crippen molar-refractivity contribution in [2.45, 2.75) is 22.5 Å². The van der Waals surface area contributed by atoms with Gasteiger partial charge in [-0.3, -0.25) is 5.21 Å². The molecule has 0 radical (unpaired) electrons. The van der Waals surface area contributed by atoms with Crippen molar-refractivity contribution in [3.63, 3.8) is 0 Å². The molecule has 1 N–H and O–H groups in total. The normalized spacial score (nSPS) is 17.4. The van der Waals surface area contributed by atoms with Crippen LogP contribution in [0.1, 0.15) is 18.4 Å². The van der Waals surface area contributed by atoms with Crippen molar-refractivity contribution >= 4 is 35.0 Å². The molecule has 0 spiro atoms. The Morgan fingerprint density at radius 2 is 1.73 bits per heavy atom. The molecule has 2 aromatic rings. The Labute approximate surface area is 143 Å². The Morgan fingerprint density at radius 1 is 1.05 bits per heavy atom. The first-order valence-corrected chi connectivity index (χ1v) is 8.60. The van der Waals surface area contributed by atoms with Gasteiger partial charge in [0.15, 0.2) is 0 Å². The van der Waals surface area contributed by atoms with Crippen LogP contribution in [-0.4, -0.2) is 18.4 Å². The number of pyridine rings is 1. The third-order valence-electron chi connectivity index (χ3n) is 3.83. The summed E-state index contributed by atoms with van der Waals surface area (Å²) in [5, 5.41) is 10.9. The molecule has 1 fully saturated rings. The van der Waals surface area contributed by atoms with Gasteiger partial charge in [0.1, 0.15) is 0 Å². The summed E-state index contributed by atoms with van der Waals surface area (Å²) in [5.74, 6) is 0. The quantitative estimate of drug-likeness (QED) is 0.505. The van der Waals surface area contributed by atoms with Crippen LogP contribution in [0.25, 0.3) is 0 Å². The Kier molecular flexibility index (Phi) is 4.83. The number of hydrogen-bond acceptors (Lipinski definition) is 3. The smallest absolute Gasteiger partial charge is 0.325 e. The van der Waals surface area contributed by atoms with Crippen LogP contribution in [-0.2, 0) is 9.48 Å². The van der Waals surface area contributed by atoms with E-state index in [4.69, 9.17) is 27.9 Å². The SMILES string of the molecule is O[n+]1cc(C2(Sc3ccc(Cl)cc3)CCOCC2)ccc1Cl. The van der Waals surface area contributed by atoms with E-state index in [2.05, 4.69) is 0 Å². The van der Waals surface area contributed by atoms with Gasteiger partial charge in [0.2, 0.25) is 6.20 Å². The molecule has 0 aliphatic carbocycles. The average molecular weight is 357 g/mol. The molecular weight excluding hydrogens is 341 g/mol. The van der Waals surface area contributed by atoms with E-state index in [1.807, 2.05) is 30.3 Å². The van der Waals surface area contributed by atoms with Gasteiger partial charge in [-0.15, -0.1) is 11.8 Å². The molecule has 0 amide bonds. The minimum Gasteiger partial charge on any atom is -0.381 e. The molecule has 0 bridgehead atoms. The number of thioether (sulfide) groups is 1. The highest BCUT2D eigenvalue weighted by Crippen LogP contribution is 2.48. The summed E-state index contributed by atoms with van der Waals surface area (Å²) in [6.07, 6.45) is 3.44. The standard InChI is InChI=1S/C16H16Cl2NO2S/c17-13-2-4-14(5-3-13)22-16(7-9-21-10-8-16)12-1-6-15(18)19(20)11-12/h1-6,11,20H,7-10H2/q+1. The van der Waals surface area contributed by atoms with Gasteiger partial charge in [0.05, 0.1) is 4.75 Å². The fourth-order valence-electron chi connectivity index (χ4n) is 2.62. The molecule has 116 valence electrons. The Morgan fingerprint density at radius 3 is 2.36 bits per heavy atom. The van der Waals surface area contributed by atoms with Crippen molar-refractivity contribution in [1.29, 1.82) is 0 Å². The second-order valence-electron chi connectivity index (χ2n) is 5.25. The summed E-state index contributed by atoms with van der Waals surface area (Å²) in [4.78, 5) is 1.14. The van der Waals surface area contributed by atoms with Gasteiger partial charge in [-0.1, -0.05) is 11.6 Å². The largest absolute Gasteiger partial charge is 0.381 e. The van der Waals surface area contributed by atoms with E-state index < -0.39 is 0 Å². The molecule has 2 heterocycles. The first-order chi connectivity index (χ1) is 10.6. The highest BCUT2D eigenvalue weighted by atomic mass is 35.5. The van der Waals surface area contributed by atoms with E-state index in [9.17, 15) is 5.21 Å². The first-order valence-electron chi connectivity index (χ1n) is 7.02. The molecular formula is C16H16Cl2NO2S+. The van der Waals surface area contributed by atoms with E-state index in [1.165, 1.54) is 0 Å². The van der Waals surface area contributed by atoms with Gasteiger partial charge in [-0.25, -0.2) is 0 Å². The summed E-state index contributed by atoms with van der Waals surface area (Å²) < 4.78 is 6.36. The number of benzene rings is 1. The van der Waals surface area contributed by atoms with Crippen LogP contribution < -0.4 is 4.73 Å². The number of nitrogens with zero attached hydrogens (tertiary/aromatic N) is 1. The molecule has 0 atom stereocenters. The molecule has 6 heteroatoms. The van der Waals surface area contributed by atoms with Gasteiger partial charge in [-0.2, -0.15) is 0 Å². The Bertz CT molecular complexity index is 658. The van der Waals surface area contributed by atoms with Gasteiger partial charge in [-0.05, 0) is 54.8 Å². The van der Waals surface area contributed by atoms with Crippen LogP contribution in [0.3, 0.4) is 0 Å². The van der Waals surface area contributed by atoms with Crippen molar-refractivity contribution in [2.24, 2.45) is 0 Å². The van der Waals surface area contributed by atoms with Crippen LogP contribution in [0.5, 0.6) is 0 Å². The zero-order valence-electron chi connectivity index (χ0n) is 11.8. The van der Waals surface area contributed by atoms with Crippen LogP contribution >= 0.6 is 35.0 Å². The zero-order chi connectivity index (χ0) is 15.6. The molecule has 1 aromatic heterocycles. The minimum absolute atomic E-state index is 0.138. The third kappa shape index (κ3) is 3.35. The number of halogens is 2. The number of ether oxygens (including phenoxy) is 1. The predicted molar refractivity (Wildman–Crippen MR) is 87.9 cm³/mol. The van der Waals surface area contributed by atoms with Gasteiger partial charge < -0.3 is 4.74 Å². The zero-order valence-corrected chi connectivity index (χ0v) is 14.2. The molecule has 22 heavy (non-hydrogen) atoms. The monoisotopic (exact) mass is 356 g/mol. The van der Waals surface area contributed by atoms with Crippen molar-refractivity contribution in [3.8, 4) is 0 Å². The molecule has 3 nitrogen and oxygen atoms in total. The Balaban J connectivity index is 1.96. The second kappa shape index (κ2) is 6.67. The third-order valence-corrected chi connectivity index (χ3v) is 5.93. The fraction of sp³-hybridized carbons (Fsp3) is 0.312. The van der Waals surface area contributed by atoms with E-state index in [0.29, 0.717) is 18.4 Å².